The minimum Gasteiger partial charge on any atom is -0.459 e. The second-order valence-electron chi connectivity index (χ2n) is 4.67. The first-order valence-corrected chi connectivity index (χ1v) is 5.42. The van der Waals surface area contributed by atoms with Gasteiger partial charge in [-0.3, -0.25) is 4.79 Å². The summed E-state index contributed by atoms with van der Waals surface area (Å²) in [5.74, 6) is -0.166. The predicted octanol–water partition coefficient (Wildman–Crippen LogP) is 1.69. The molecular weight excluding hydrogens is 202 g/mol. The molecule has 1 saturated heterocycles. The third-order valence-corrected chi connectivity index (χ3v) is 2.42. The van der Waals surface area contributed by atoms with Gasteiger partial charge in [-0.1, -0.05) is 0 Å². The minimum atomic E-state index is -0.406. The van der Waals surface area contributed by atoms with Crippen LogP contribution in [0.2, 0.25) is 0 Å². The van der Waals surface area contributed by atoms with Crippen molar-refractivity contribution in [3.63, 3.8) is 0 Å². The van der Waals surface area contributed by atoms with Crippen LogP contribution < -0.4 is 5.32 Å². The lowest BCUT2D eigenvalue weighted by molar-refractivity contribution is -0.158. The van der Waals surface area contributed by atoms with Crippen LogP contribution in [0.1, 0.15) is 33.6 Å². The average molecular weight is 220 g/mol. The molecule has 2 unspecified atom stereocenters. The topological polar surface area (TPSA) is 38.3 Å². The highest BCUT2D eigenvalue weighted by molar-refractivity contribution is 6.20. The van der Waals surface area contributed by atoms with Gasteiger partial charge in [-0.05, 0) is 33.6 Å². The second-order valence-corrected chi connectivity index (χ2v) is 5.29. The Kier molecular flexibility index (Phi) is 3.78. The molecule has 0 bridgehead atoms. The van der Waals surface area contributed by atoms with E-state index in [-0.39, 0.29) is 17.4 Å². The van der Waals surface area contributed by atoms with Crippen molar-refractivity contribution in [3.05, 3.63) is 0 Å². The summed E-state index contributed by atoms with van der Waals surface area (Å²) in [6.45, 7) is 6.31. The summed E-state index contributed by atoms with van der Waals surface area (Å²) < 4.78 is 5.27. The Morgan fingerprint density at radius 1 is 1.43 bits per heavy atom. The Balaban J connectivity index is 2.38. The van der Waals surface area contributed by atoms with Crippen LogP contribution in [0.4, 0.5) is 0 Å². The van der Waals surface area contributed by atoms with Crippen LogP contribution in [-0.2, 0) is 9.53 Å². The maximum atomic E-state index is 11.6. The molecule has 1 aliphatic heterocycles. The lowest BCUT2D eigenvalue weighted by Crippen LogP contribution is -2.47. The molecule has 1 aliphatic rings. The van der Waals surface area contributed by atoms with E-state index in [0.29, 0.717) is 6.54 Å². The van der Waals surface area contributed by atoms with Crippen molar-refractivity contribution >= 4 is 17.6 Å². The summed E-state index contributed by atoms with van der Waals surface area (Å²) in [6.07, 6.45) is 1.64. The Morgan fingerprint density at radius 2 is 2.07 bits per heavy atom. The van der Waals surface area contributed by atoms with E-state index in [0.717, 1.165) is 12.8 Å². The maximum Gasteiger partial charge on any atom is 0.323 e. The fraction of sp³-hybridized carbons (Fsp3) is 0.900. The number of hydrogen-bond acceptors (Lipinski definition) is 3. The van der Waals surface area contributed by atoms with Crippen molar-refractivity contribution in [2.75, 3.05) is 6.54 Å². The molecule has 0 aromatic carbocycles. The van der Waals surface area contributed by atoms with Crippen LogP contribution >= 0.6 is 11.6 Å². The van der Waals surface area contributed by atoms with E-state index in [1.807, 2.05) is 20.8 Å². The molecule has 1 N–H and O–H groups in total. The first kappa shape index (κ1) is 11.8. The smallest absolute Gasteiger partial charge is 0.323 e. The molecule has 1 fully saturated rings. The largest absolute Gasteiger partial charge is 0.459 e. The normalized spacial score (nSPS) is 28.6. The zero-order chi connectivity index (χ0) is 10.8. The van der Waals surface area contributed by atoms with Gasteiger partial charge in [-0.25, -0.2) is 0 Å². The number of nitrogens with one attached hydrogen (secondary N) is 1. The van der Waals surface area contributed by atoms with Crippen LogP contribution in [0.3, 0.4) is 0 Å². The third kappa shape index (κ3) is 3.84. The highest BCUT2D eigenvalue weighted by Gasteiger charge is 2.28. The van der Waals surface area contributed by atoms with E-state index >= 15 is 0 Å². The number of alkyl halides is 1. The van der Waals surface area contributed by atoms with Gasteiger partial charge in [-0.2, -0.15) is 0 Å². The molecule has 82 valence electrons. The first-order valence-electron chi connectivity index (χ1n) is 4.99. The van der Waals surface area contributed by atoms with Crippen LogP contribution in [-0.4, -0.2) is 29.5 Å². The van der Waals surface area contributed by atoms with Crippen LogP contribution in [0.25, 0.3) is 0 Å². The van der Waals surface area contributed by atoms with Crippen molar-refractivity contribution in [1.29, 1.82) is 0 Å². The van der Waals surface area contributed by atoms with E-state index in [4.69, 9.17) is 16.3 Å². The first-order chi connectivity index (χ1) is 6.38. The van der Waals surface area contributed by atoms with Crippen molar-refractivity contribution < 1.29 is 9.53 Å². The summed E-state index contributed by atoms with van der Waals surface area (Å²) in [6, 6.07) is -0.177. The van der Waals surface area contributed by atoms with Crippen molar-refractivity contribution in [3.8, 4) is 0 Å². The highest BCUT2D eigenvalue weighted by Crippen LogP contribution is 2.16. The lowest BCUT2D eigenvalue weighted by atomic mass is 10.0. The number of rotatable bonds is 1. The van der Waals surface area contributed by atoms with Gasteiger partial charge in [0.2, 0.25) is 0 Å². The van der Waals surface area contributed by atoms with Gasteiger partial charge in [0, 0.05) is 11.9 Å². The summed E-state index contributed by atoms with van der Waals surface area (Å²) >= 11 is 5.91. The Bertz CT molecular complexity index is 205. The van der Waals surface area contributed by atoms with E-state index in [9.17, 15) is 4.79 Å². The summed E-state index contributed by atoms with van der Waals surface area (Å²) in [4.78, 5) is 11.6. The molecule has 0 aromatic rings. The van der Waals surface area contributed by atoms with Crippen molar-refractivity contribution in [2.24, 2.45) is 0 Å². The zero-order valence-corrected chi connectivity index (χ0v) is 9.73. The monoisotopic (exact) mass is 219 g/mol. The second kappa shape index (κ2) is 4.49. The number of carbonyl (C=O) groups is 1. The molecule has 0 aliphatic carbocycles. The average Bonchev–Trinajstić information content (AvgIpc) is 2.02. The minimum absolute atomic E-state index is 0.147. The molecule has 1 rings (SSSR count). The molecule has 14 heavy (non-hydrogen) atoms. The van der Waals surface area contributed by atoms with Gasteiger partial charge >= 0.3 is 5.97 Å². The van der Waals surface area contributed by atoms with Gasteiger partial charge in [0.25, 0.3) is 0 Å². The molecular formula is C10H18ClNO2. The summed E-state index contributed by atoms with van der Waals surface area (Å²) in [5, 5.41) is 3.23. The van der Waals surface area contributed by atoms with Gasteiger partial charge in [0.05, 0.1) is 0 Å². The van der Waals surface area contributed by atoms with E-state index in [2.05, 4.69) is 5.32 Å². The van der Waals surface area contributed by atoms with Crippen LogP contribution in [0, 0.1) is 0 Å². The molecule has 0 saturated carbocycles. The van der Waals surface area contributed by atoms with Gasteiger partial charge in [-0.15, -0.1) is 11.6 Å². The number of hydrogen-bond donors (Lipinski definition) is 1. The predicted molar refractivity (Wildman–Crippen MR) is 56.5 cm³/mol. The molecule has 0 aromatic heterocycles. The molecule has 0 amide bonds. The van der Waals surface area contributed by atoms with E-state index in [1.54, 1.807) is 0 Å². The molecule has 1 heterocycles. The summed E-state index contributed by atoms with van der Waals surface area (Å²) in [7, 11) is 0. The number of piperidine rings is 1. The van der Waals surface area contributed by atoms with Gasteiger partial charge < -0.3 is 10.1 Å². The fourth-order valence-corrected chi connectivity index (χ4v) is 1.61. The van der Waals surface area contributed by atoms with Gasteiger partial charge in [0.15, 0.2) is 0 Å². The van der Waals surface area contributed by atoms with Crippen LogP contribution in [0.5, 0.6) is 0 Å². The maximum absolute atomic E-state index is 11.6. The van der Waals surface area contributed by atoms with Crippen molar-refractivity contribution in [2.45, 2.75) is 50.6 Å². The molecule has 0 radical (unpaired) electrons. The van der Waals surface area contributed by atoms with Crippen LogP contribution in [0.15, 0.2) is 0 Å². The fourth-order valence-electron chi connectivity index (χ4n) is 1.40. The SMILES string of the molecule is CC(C)(C)OC(=O)C1CCC(Cl)CN1. The number of carbonyl (C=O) groups excluding carboxylic acids is 1. The molecule has 0 spiro atoms. The Labute approximate surface area is 90.1 Å². The summed E-state index contributed by atoms with van der Waals surface area (Å²) in [5.41, 5.74) is -0.406. The number of esters is 1. The highest BCUT2D eigenvalue weighted by atomic mass is 35.5. The van der Waals surface area contributed by atoms with E-state index < -0.39 is 5.60 Å². The lowest BCUT2D eigenvalue weighted by Gasteiger charge is -2.28. The zero-order valence-electron chi connectivity index (χ0n) is 8.97. The standard InChI is InChI=1S/C10H18ClNO2/c1-10(2,3)14-9(13)8-5-4-7(11)6-12-8/h7-8,12H,4-6H2,1-3H3. The number of ether oxygens (including phenoxy) is 1. The Hall–Kier alpha value is -0.280. The Morgan fingerprint density at radius 3 is 2.50 bits per heavy atom. The van der Waals surface area contributed by atoms with Gasteiger partial charge in [0.1, 0.15) is 11.6 Å². The molecule has 2 atom stereocenters. The quantitative estimate of drug-likeness (QED) is 0.539. The van der Waals surface area contributed by atoms with Crippen molar-refractivity contribution in [1.82, 2.24) is 5.32 Å². The number of halogens is 1. The molecule has 3 nitrogen and oxygen atoms in total. The van der Waals surface area contributed by atoms with E-state index in [1.165, 1.54) is 0 Å². The molecule has 4 heteroatoms. The third-order valence-electron chi connectivity index (χ3n) is 2.05.